The van der Waals surface area contributed by atoms with Gasteiger partial charge >= 0.3 is 0 Å². The van der Waals surface area contributed by atoms with Crippen LogP contribution in [0.4, 0.5) is 0 Å². The van der Waals surface area contributed by atoms with Gasteiger partial charge < -0.3 is 40.4 Å². The lowest BCUT2D eigenvalue weighted by Crippen LogP contribution is -2.63. The normalized spacial score (nSPS) is 36.2. The van der Waals surface area contributed by atoms with Gasteiger partial charge in [0.05, 0.1) is 31.4 Å². The van der Waals surface area contributed by atoms with Crippen LogP contribution < -0.4 is 10.6 Å². The van der Waals surface area contributed by atoms with Crippen LogP contribution in [0.15, 0.2) is 12.5 Å². The molecule has 4 saturated heterocycles. The quantitative estimate of drug-likeness (QED) is 0.263. The number of hydrogen-bond donors (Lipinski definition) is 5. The molecule has 5 N–H and O–H groups in total. The molecule has 4 aliphatic heterocycles. The van der Waals surface area contributed by atoms with Gasteiger partial charge in [0.15, 0.2) is 0 Å². The van der Waals surface area contributed by atoms with Gasteiger partial charge in [-0.15, -0.1) is 0 Å². The van der Waals surface area contributed by atoms with E-state index in [0.717, 1.165) is 18.5 Å². The molecule has 0 radical (unpaired) electrons. The summed E-state index contributed by atoms with van der Waals surface area (Å²) in [5.41, 5.74) is 0.824. The summed E-state index contributed by atoms with van der Waals surface area (Å²) in [7, 11) is 0. The Morgan fingerprint density at radius 2 is 1.87 bits per heavy atom. The molecule has 6 rings (SSSR count). The molecule has 212 valence electrons. The Morgan fingerprint density at radius 1 is 1.08 bits per heavy atom. The van der Waals surface area contributed by atoms with E-state index in [0.29, 0.717) is 26.1 Å². The number of likely N-dealkylation sites (tertiary alicyclic amines) is 1. The predicted molar refractivity (Wildman–Crippen MR) is 132 cm³/mol. The van der Waals surface area contributed by atoms with Gasteiger partial charge in [0.2, 0.25) is 23.6 Å². The number of H-pyrrole nitrogens is 1. The minimum atomic E-state index is -1.29. The van der Waals surface area contributed by atoms with Crippen LogP contribution in [-0.2, 0) is 30.5 Å². The van der Waals surface area contributed by atoms with Gasteiger partial charge in [-0.3, -0.25) is 24.1 Å². The Morgan fingerprint density at radius 3 is 2.62 bits per heavy atom. The highest BCUT2D eigenvalue weighted by Crippen LogP contribution is 2.33. The standard InChI is InChI=1S/C25H35N7O7/c33-20-6-18-21(34)22(35)19(39-18)8-27-23(36)17-11-30(3-4-32(17)24(37)13-1-2-13)25(38)16-5-14(29-20)9-31(16)10-15-7-26-12-28-15/h7,12-14,16-19,21-22,34-35H,1-6,8-11H2,(H,26,28)(H,27,36)(H,29,33)/t14-,16-,17-,18-,19+,21-,22+/m0/s1. The number of aliphatic hydroxyl groups is 2. The zero-order valence-electron chi connectivity index (χ0n) is 21.6. The van der Waals surface area contributed by atoms with Gasteiger partial charge in [-0.1, -0.05) is 0 Å². The van der Waals surface area contributed by atoms with E-state index in [9.17, 15) is 29.4 Å². The van der Waals surface area contributed by atoms with Gasteiger partial charge in [0, 0.05) is 56.6 Å². The molecule has 5 fully saturated rings. The molecule has 39 heavy (non-hydrogen) atoms. The molecule has 1 aromatic rings. The second-order valence-electron chi connectivity index (χ2n) is 11.3. The van der Waals surface area contributed by atoms with E-state index in [1.165, 1.54) is 0 Å². The lowest BCUT2D eigenvalue weighted by atomic mass is 10.0. The number of amides is 4. The summed E-state index contributed by atoms with van der Waals surface area (Å²) < 4.78 is 5.78. The van der Waals surface area contributed by atoms with Crippen molar-refractivity contribution in [2.45, 2.75) is 74.8 Å². The summed E-state index contributed by atoms with van der Waals surface area (Å²) in [4.78, 5) is 65.5. The van der Waals surface area contributed by atoms with E-state index in [1.807, 2.05) is 4.90 Å². The maximum absolute atomic E-state index is 13.9. The SMILES string of the molecule is O=C1C[C@@H]2O[C@H](CNC(=O)[C@@H]3CN(CCN3C(=O)C3CC3)C(=O)[C@@H]3C[C@@H](CN3Cc3cnc[nH]3)N1)[C@@H](O)[C@H]2O. The Hall–Kier alpha value is -3.07. The van der Waals surface area contributed by atoms with Crippen molar-refractivity contribution in [3.63, 3.8) is 0 Å². The minimum absolute atomic E-state index is 0.0495. The minimum Gasteiger partial charge on any atom is -0.388 e. The molecule has 1 aliphatic carbocycles. The highest BCUT2D eigenvalue weighted by Gasteiger charge is 2.48. The molecule has 1 aromatic heterocycles. The lowest BCUT2D eigenvalue weighted by Gasteiger charge is -2.42. The van der Waals surface area contributed by atoms with Gasteiger partial charge in [-0.05, 0) is 19.3 Å². The predicted octanol–water partition coefficient (Wildman–Crippen LogP) is -3.07. The second-order valence-corrected chi connectivity index (χ2v) is 11.3. The van der Waals surface area contributed by atoms with E-state index in [1.54, 1.807) is 22.3 Å². The van der Waals surface area contributed by atoms with Gasteiger partial charge in [-0.2, -0.15) is 0 Å². The van der Waals surface area contributed by atoms with Crippen LogP contribution in [0.2, 0.25) is 0 Å². The van der Waals surface area contributed by atoms with Gasteiger partial charge in [-0.25, -0.2) is 4.98 Å². The Balaban J connectivity index is 1.28. The number of nitrogens with one attached hydrogen (secondary N) is 3. The summed E-state index contributed by atoms with van der Waals surface area (Å²) in [6, 6.07) is -1.74. The van der Waals surface area contributed by atoms with Crippen LogP contribution in [0, 0.1) is 5.92 Å². The molecule has 0 spiro atoms. The first kappa shape index (κ1) is 26.2. The molecule has 5 heterocycles. The molecular formula is C25H35N7O7. The average molecular weight is 546 g/mol. The zero-order chi connectivity index (χ0) is 27.3. The number of rotatable bonds is 3. The summed E-state index contributed by atoms with van der Waals surface area (Å²) in [5, 5.41) is 26.8. The molecule has 0 aromatic carbocycles. The third-order valence-corrected chi connectivity index (χ3v) is 8.51. The number of carbonyl (C=O) groups excluding carboxylic acids is 4. The van der Waals surface area contributed by atoms with Crippen molar-refractivity contribution in [1.82, 2.24) is 35.3 Å². The molecule has 14 nitrogen and oxygen atoms in total. The van der Waals surface area contributed by atoms with E-state index < -0.39 is 42.4 Å². The topological polar surface area (TPSA) is 180 Å². The number of piperazine rings is 1. The molecule has 1 saturated carbocycles. The monoisotopic (exact) mass is 545 g/mol. The molecule has 6 bridgehead atoms. The van der Waals surface area contributed by atoms with Crippen molar-refractivity contribution in [3.05, 3.63) is 18.2 Å². The number of ether oxygens (including phenoxy) is 1. The van der Waals surface area contributed by atoms with Crippen LogP contribution in [0.25, 0.3) is 0 Å². The number of aromatic nitrogens is 2. The van der Waals surface area contributed by atoms with Crippen LogP contribution in [0.1, 0.15) is 31.4 Å². The fourth-order valence-corrected chi connectivity index (χ4v) is 6.23. The Labute approximate surface area is 225 Å². The lowest BCUT2D eigenvalue weighted by molar-refractivity contribution is -0.151. The van der Waals surface area contributed by atoms with E-state index in [4.69, 9.17) is 4.74 Å². The maximum Gasteiger partial charge on any atom is 0.244 e. The molecule has 0 unspecified atom stereocenters. The Kier molecular flexibility index (Phi) is 7.04. The zero-order valence-corrected chi connectivity index (χ0v) is 21.6. The third-order valence-electron chi connectivity index (χ3n) is 8.51. The first-order valence-electron chi connectivity index (χ1n) is 13.7. The van der Waals surface area contributed by atoms with Crippen LogP contribution in [0.3, 0.4) is 0 Å². The fourth-order valence-electron chi connectivity index (χ4n) is 6.23. The number of aromatic amines is 1. The first-order chi connectivity index (χ1) is 18.8. The van der Waals surface area contributed by atoms with Gasteiger partial charge in [0.1, 0.15) is 24.4 Å². The van der Waals surface area contributed by atoms with E-state index in [-0.39, 0.29) is 55.7 Å². The number of carbonyl (C=O) groups is 4. The number of nitrogens with zero attached hydrogens (tertiary/aromatic N) is 4. The van der Waals surface area contributed by atoms with Crippen molar-refractivity contribution in [2.75, 3.05) is 32.7 Å². The number of hydrogen-bond acceptors (Lipinski definition) is 9. The van der Waals surface area contributed by atoms with Crippen molar-refractivity contribution in [3.8, 4) is 0 Å². The van der Waals surface area contributed by atoms with Crippen molar-refractivity contribution < 1.29 is 34.1 Å². The largest absolute Gasteiger partial charge is 0.388 e. The molecular weight excluding hydrogens is 510 g/mol. The maximum atomic E-state index is 13.9. The van der Waals surface area contributed by atoms with Crippen molar-refractivity contribution >= 4 is 23.6 Å². The summed E-state index contributed by atoms with van der Waals surface area (Å²) >= 11 is 0. The van der Waals surface area contributed by atoms with Crippen LogP contribution in [-0.4, -0.2) is 134 Å². The highest BCUT2D eigenvalue weighted by atomic mass is 16.5. The smallest absolute Gasteiger partial charge is 0.244 e. The summed E-state index contributed by atoms with van der Waals surface area (Å²) in [6.07, 6.45) is 0.624. The van der Waals surface area contributed by atoms with Crippen LogP contribution >= 0.6 is 0 Å². The molecule has 5 aliphatic rings. The average Bonchev–Trinajstić information content (AvgIpc) is 3.42. The highest BCUT2D eigenvalue weighted by molar-refractivity contribution is 5.91. The first-order valence-corrected chi connectivity index (χ1v) is 13.7. The third kappa shape index (κ3) is 5.25. The van der Waals surface area contributed by atoms with Crippen LogP contribution in [0.5, 0.6) is 0 Å². The van der Waals surface area contributed by atoms with Gasteiger partial charge in [0.25, 0.3) is 0 Å². The second kappa shape index (κ2) is 10.5. The number of fused-ring (bicyclic) bond motifs is 6. The molecule has 4 amide bonds. The fraction of sp³-hybridized carbons (Fsp3) is 0.720. The summed E-state index contributed by atoms with van der Waals surface area (Å²) in [6.45, 7) is 1.35. The molecule has 14 heteroatoms. The van der Waals surface area contributed by atoms with E-state index >= 15 is 0 Å². The Bertz CT molecular complexity index is 1110. The van der Waals surface area contributed by atoms with E-state index in [2.05, 4.69) is 20.6 Å². The number of aliphatic hydroxyl groups excluding tert-OH is 2. The van der Waals surface area contributed by atoms with Crippen molar-refractivity contribution in [2.24, 2.45) is 5.92 Å². The van der Waals surface area contributed by atoms with Crippen molar-refractivity contribution in [1.29, 1.82) is 0 Å². The molecule has 7 atom stereocenters. The number of imidazole rings is 1. The summed E-state index contributed by atoms with van der Waals surface area (Å²) in [5.74, 6) is -1.10.